The summed E-state index contributed by atoms with van der Waals surface area (Å²) in [6.07, 6.45) is 2.75. The first-order valence-electron chi connectivity index (χ1n) is 10.4. The maximum absolute atomic E-state index is 9.93. The van der Waals surface area contributed by atoms with Crippen LogP contribution in [0.5, 0.6) is 0 Å². The molecule has 31 heavy (non-hydrogen) atoms. The molecule has 1 aromatic carbocycles. The topological polar surface area (TPSA) is 125 Å². The van der Waals surface area contributed by atoms with Crippen LogP contribution in [-0.4, -0.2) is 65.3 Å². The van der Waals surface area contributed by atoms with Gasteiger partial charge in [0.2, 0.25) is 0 Å². The zero-order valence-electron chi connectivity index (χ0n) is 18.9. The molecule has 1 unspecified atom stereocenters. The number of carboxylic acid groups (broad SMARTS) is 2. The van der Waals surface area contributed by atoms with E-state index >= 15 is 0 Å². The predicted octanol–water partition coefficient (Wildman–Crippen LogP) is 2.63. The average Bonchev–Trinajstić information content (AvgIpc) is 2.70. The minimum atomic E-state index is -1.26. The Hall–Kier alpha value is -2.26. The molecule has 0 aromatic heterocycles. The van der Waals surface area contributed by atoms with Crippen molar-refractivity contribution in [3.63, 3.8) is 0 Å². The predicted molar refractivity (Wildman–Crippen MR) is 119 cm³/mol. The van der Waals surface area contributed by atoms with E-state index in [1.165, 1.54) is 11.1 Å². The van der Waals surface area contributed by atoms with Crippen LogP contribution in [0, 0.1) is 0 Å². The number of hydrogen-bond donors (Lipinski definition) is 4. The standard InChI is InChI=1S/C19H33NO3.C4H4O4/c1-15(2)20-13-19(21)10-9-17-5-7-18(8-6-17)14-22-11-12-23-16(3)4;5-3(6)1-2-4(7)8/h5-8,15-16,19-21H,9-14H2,1-4H3;1-2H,(H,5,6)(H,7,8)/b;2-1+. The number of aliphatic hydroxyl groups excluding tert-OH is 1. The third-order valence-electron chi connectivity index (χ3n) is 3.87. The highest BCUT2D eigenvalue weighted by Gasteiger charge is 2.05. The van der Waals surface area contributed by atoms with Crippen molar-refractivity contribution < 1.29 is 34.4 Å². The van der Waals surface area contributed by atoms with Crippen molar-refractivity contribution in [2.45, 2.75) is 65.4 Å². The first-order chi connectivity index (χ1) is 14.6. The first kappa shape index (κ1) is 28.7. The van der Waals surface area contributed by atoms with Gasteiger partial charge in [0.15, 0.2) is 0 Å². The average molecular weight is 440 g/mol. The molecule has 1 atom stereocenters. The molecule has 0 fully saturated rings. The van der Waals surface area contributed by atoms with Gasteiger partial charge in [-0.2, -0.15) is 0 Å². The monoisotopic (exact) mass is 439 g/mol. The lowest BCUT2D eigenvalue weighted by Crippen LogP contribution is -2.32. The van der Waals surface area contributed by atoms with Crippen LogP contribution in [0.3, 0.4) is 0 Å². The minimum Gasteiger partial charge on any atom is -0.478 e. The maximum atomic E-state index is 9.93. The normalized spacial score (nSPS) is 12.1. The summed E-state index contributed by atoms with van der Waals surface area (Å²) < 4.78 is 11.0. The lowest BCUT2D eigenvalue weighted by atomic mass is 10.0. The highest BCUT2D eigenvalue weighted by atomic mass is 16.5. The lowest BCUT2D eigenvalue weighted by molar-refractivity contribution is -0.134. The van der Waals surface area contributed by atoms with Crippen molar-refractivity contribution in [1.29, 1.82) is 0 Å². The smallest absolute Gasteiger partial charge is 0.328 e. The van der Waals surface area contributed by atoms with Crippen LogP contribution >= 0.6 is 0 Å². The van der Waals surface area contributed by atoms with E-state index in [9.17, 15) is 14.7 Å². The van der Waals surface area contributed by atoms with E-state index < -0.39 is 11.9 Å². The molecule has 0 saturated carbocycles. The van der Waals surface area contributed by atoms with E-state index in [1.54, 1.807) is 0 Å². The Morgan fingerprint density at radius 2 is 1.52 bits per heavy atom. The second-order valence-electron chi connectivity index (χ2n) is 7.55. The number of aliphatic carboxylic acids is 2. The SMILES string of the molecule is CC(C)NCC(O)CCc1ccc(COCCOC(C)C)cc1.O=C(O)/C=C/C(=O)O. The molecule has 0 bridgehead atoms. The van der Waals surface area contributed by atoms with E-state index in [0.29, 0.717) is 44.6 Å². The number of aliphatic hydroxyl groups is 1. The van der Waals surface area contributed by atoms with Gasteiger partial charge in [-0.3, -0.25) is 0 Å². The zero-order chi connectivity index (χ0) is 23.6. The third-order valence-corrected chi connectivity index (χ3v) is 3.87. The van der Waals surface area contributed by atoms with Gasteiger partial charge in [-0.25, -0.2) is 9.59 Å². The molecule has 4 N–H and O–H groups in total. The van der Waals surface area contributed by atoms with Crippen molar-refractivity contribution in [2.75, 3.05) is 19.8 Å². The molecule has 0 radical (unpaired) electrons. The maximum Gasteiger partial charge on any atom is 0.328 e. The van der Waals surface area contributed by atoms with E-state index in [2.05, 4.69) is 43.4 Å². The number of aryl methyl sites for hydroxylation is 1. The highest BCUT2D eigenvalue weighted by Crippen LogP contribution is 2.09. The molecular formula is C23H37NO7. The Bertz CT molecular complexity index is 626. The van der Waals surface area contributed by atoms with Gasteiger partial charge in [0.1, 0.15) is 0 Å². The minimum absolute atomic E-state index is 0.254. The van der Waals surface area contributed by atoms with Crippen LogP contribution in [-0.2, 0) is 32.1 Å². The van der Waals surface area contributed by atoms with Gasteiger partial charge in [0.05, 0.1) is 32.0 Å². The highest BCUT2D eigenvalue weighted by molar-refractivity contribution is 5.89. The molecule has 1 rings (SSSR count). The molecule has 0 amide bonds. The molecule has 0 aliphatic carbocycles. The van der Waals surface area contributed by atoms with Gasteiger partial charge in [0.25, 0.3) is 0 Å². The van der Waals surface area contributed by atoms with Crippen LogP contribution in [0.25, 0.3) is 0 Å². The Morgan fingerprint density at radius 3 is 2.00 bits per heavy atom. The Labute approximate surface area is 184 Å². The van der Waals surface area contributed by atoms with Gasteiger partial charge in [0, 0.05) is 24.7 Å². The summed E-state index contributed by atoms with van der Waals surface area (Å²) in [5, 5.41) is 28.8. The number of rotatable bonds is 14. The number of ether oxygens (including phenoxy) is 2. The Balaban J connectivity index is 0.000000954. The van der Waals surface area contributed by atoms with Crippen molar-refractivity contribution >= 4 is 11.9 Å². The Morgan fingerprint density at radius 1 is 0.968 bits per heavy atom. The van der Waals surface area contributed by atoms with Gasteiger partial charge >= 0.3 is 11.9 Å². The second-order valence-corrected chi connectivity index (χ2v) is 7.55. The summed E-state index contributed by atoms with van der Waals surface area (Å²) >= 11 is 0. The largest absolute Gasteiger partial charge is 0.478 e. The third kappa shape index (κ3) is 19.4. The van der Waals surface area contributed by atoms with Gasteiger partial charge in [-0.15, -0.1) is 0 Å². The number of carboxylic acids is 2. The van der Waals surface area contributed by atoms with Crippen LogP contribution in [0.1, 0.15) is 45.2 Å². The van der Waals surface area contributed by atoms with Crippen LogP contribution < -0.4 is 5.32 Å². The molecule has 176 valence electrons. The van der Waals surface area contributed by atoms with Crippen molar-refractivity contribution in [3.8, 4) is 0 Å². The van der Waals surface area contributed by atoms with Crippen molar-refractivity contribution in [1.82, 2.24) is 5.32 Å². The number of hydrogen-bond acceptors (Lipinski definition) is 6. The first-order valence-corrected chi connectivity index (χ1v) is 10.4. The molecular weight excluding hydrogens is 402 g/mol. The van der Waals surface area contributed by atoms with E-state index in [-0.39, 0.29) is 12.2 Å². The molecule has 8 heteroatoms. The quantitative estimate of drug-likeness (QED) is 0.257. The summed E-state index contributed by atoms with van der Waals surface area (Å²) in [5.74, 6) is -2.51. The summed E-state index contributed by atoms with van der Waals surface area (Å²) in [6, 6.07) is 8.84. The lowest BCUT2D eigenvalue weighted by Gasteiger charge is -2.14. The van der Waals surface area contributed by atoms with Crippen molar-refractivity contribution in [3.05, 3.63) is 47.5 Å². The van der Waals surface area contributed by atoms with E-state index in [0.717, 1.165) is 12.8 Å². The summed E-state index contributed by atoms with van der Waals surface area (Å²) in [4.78, 5) is 19.1. The molecule has 8 nitrogen and oxygen atoms in total. The van der Waals surface area contributed by atoms with Crippen LogP contribution in [0.4, 0.5) is 0 Å². The van der Waals surface area contributed by atoms with Gasteiger partial charge < -0.3 is 30.1 Å². The van der Waals surface area contributed by atoms with Gasteiger partial charge in [-0.05, 0) is 37.8 Å². The van der Waals surface area contributed by atoms with Crippen molar-refractivity contribution in [2.24, 2.45) is 0 Å². The zero-order valence-corrected chi connectivity index (χ0v) is 18.9. The number of benzene rings is 1. The second kappa shape index (κ2) is 17.4. The Kier molecular flexibility index (Phi) is 16.2. The molecule has 0 spiro atoms. The molecule has 0 heterocycles. The molecule has 1 aromatic rings. The fourth-order valence-corrected chi connectivity index (χ4v) is 2.28. The molecule has 0 saturated heterocycles. The summed E-state index contributed by atoms with van der Waals surface area (Å²) in [5.41, 5.74) is 2.42. The van der Waals surface area contributed by atoms with Crippen LogP contribution in [0.2, 0.25) is 0 Å². The summed E-state index contributed by atoms with van der Waals surface area (Å²) in [6.45, 7) is 10.7. The van der Waals surface area contributed by atoms with Gasteiger partial charge in [-0.1, -0.05) is 38.1 Å². The van der Waals surface area contributed by atoms with E-state index in [4.69, 9.17) is 19.7 Å². The molecule has 0 aliphatic rings. The fourth-order valence-electron chi connectivity index (χ4n) is 2.28. The fraction of sp³-hybridized carbons (Fsp3) is 0.565. The molecule has 0 aliphatic heterocycles. The van der Waals surface area contributed by atoms with Crippen LogP contribution in [0.15, 0.2) is 36.4 Å². The number of nitrogens with one attached hydrogen (secondary N) is 1. The van der Waals surface area contributed by atoms with E-state index in [1.807, 2.05) is 13.8 Å². The number of carbonyl (C=O) groups is 2. The summed E-state index contributed by atoms with van der Waals surface area (Å²) in [7, 11) is 0.